The lowest BCUT2D eigenvalue weighted by Gasteiger charge is -2.44. The van der Waals surface area contributed by atoms with Crippen LogP contribution in [-0.2, 0) is 22.7 Å². The van der Waals surface area contributed by atoms with Gasteiger partial charge in [-0.25, -0.2) is 9.78 Å². The van der Waals surface area contributed by atoms with E-state index in [1.54, 1.807) is 19.8 Å². The van der Waals surface area contributed by atoms with Crippen LogP contribution in [0.3, 0.4) is 0 Å². The van der Waals surface area contributed by atoms with Crippen LogP contribution < -0.4 is 11.1 Å². The Labute approximate surface area is 213 Å². The van der Waals surface area contributed by atoms with Crippen LogP contribution in [0.1, 0.15) is 25.0 Å². The number of carbonyl (C=O) groups is 3. The van der Waals surface area contributed by atoms with Gasteiger partial charge in [0.1, 0.15) is 12.7 Å². The fourth-order valence-corrected chi connectivity index (χ4v) is 5.61. The first-order chi connectivity index (χ1) is 17.3. The molecular weight excluding hydrogens is 478 g/mol. The summed E-state index contributed by atoms with van der Waals surface area (Å²) < 4.78 is 0.967. The zero-order valence-corrected chi connectivity index (χ0v) is 21.1. The number of benzene rings is 2. The highest BCUT2D eigenvalue weighted by molar-refractivity contribution is 7.22. The minimum Gasteiger partial charge on any atom is -0.375 e. The molecule has 1 atom stereocenters. The average molecular weight is 508 g/mol. The Hall–Kier alpha value is -3.70. The summed E-state index contributed by atoms with van der Waals surface area (Å²) in [6.45, 7) is 4.87. The highest BCUT2D eigenvalue weighted by atomic mass is 32.1. The van der Waals surface area contributed by atoms with Crippen molar-refractivity contribution in [2.75, 3.05) is 25.4 Å². The number of urea groups is 1. The van der Waals surface area contributed by atoms with Crippen LogP contribution in [0.5, 0.6) is 0 Å². The van der Waals surface area contributed by atoms with Crippen LogP contribution in [0.4, 0.5) is 9.93 Å². The molecule has 11 heteroatoms. The number of para-hydroxylation sites is 1. The number of hydrazine groups is 1. The van der Waals surface area contributed by atoms with E-state index < -0.39 is 6.17 Å². The first kappa shape index (κ1) is 24.0. The Morgan fingerprint density at radius 1 is 1.14 bits per heavy atom. The van der Waals surface area contributed by atoms with Gasteiger partial charge in [0.2, 0.25) is 11.8 Å². The number of rotatable bonds is 6. The maximum atomic E-state index is 13.3. The number of hydrogen-bond donors (Lipinski definition) is 2. The Morgan fingerprint density at radius 2 is 1.92 bits per heavy atom. The molecule has 0 bridgehead atoms. The van der Waals surface area contributed by atoms with Crippen LogP contribution in [0.2, 0.25) is 0 Å². The minimum atomic E-state index is -0.431. The first-order valence-electron chi connectivity index (χ1n) is 11.9. The molecule has 2 saturated heterocycles. The molecule has 2 aliphatic rings. The smallest absolute Gasteiger partial charge is 0.332 e. The fraction of sp³-hybridized carbons (Fsp3) is 0.360. The first-order valence-corrected chi connectivity index (χ1v) is 12.7. The predicted molar refractivity (Wildman–Crippen MR) is 137 cm³/mol. The third-order valence-electron chi connectivity index (χ3n) is 6.50. The van der Waals surface area contributed by atoms with Crippen LogP contribution >= 0.6 is 11.3 Å². The second-order valence-electron chi connectivity index (χ2n) is 9.27. The maximum Gasteiger partial charge on any atom is 0.332 e. The molecule has 0 saturated carbocycles. The zero-order chi connectivity index (χ0) is 25.4. The highest BCUT2D eigenvalue weighted by Gasteiger charge is 2.48. The Bertz CT molecular complexity index is 1300. The van der Waals surface area contributed by atoms with Crippen molar-refractivity contribution in [3.8, 4) is 0 Å². The van der Waals surface area contributed by atoms with E-state index >= 15 is 0 Å². The number of nitrogens with two attached hydrogens (primary N) is 1. The van der Waals surface area contributed by atoms with Gasteiger partial charge in [-0.3, -0.25) is 14.6 Å². The van der Waals surface area contributed by atoms with Crippen LogP contribution in [-0.4, -0.2) is 74.5 Å². The van der Waals surface area contributed by atoms with Crippen molar-refractivity contribution in [1.29, 1.82) is 0 Å². The van der Waals surface area contributed by atoms with Crippen molar-refractivity contribution in [3.63, 3.8) is 0 Å². The molecule has 2 fully saturated rings. The van der Waals surface area contributed by atoms with E-state index in [-0.39, 0.29) is 43.5 Å². The molecule has 4 amide bonds. The molecule has 36 heavy (non-hydrogen) atoms. The summed E-state index contributed by atoms with van der Waals surface area (Å²) in [4.78, 5) is 46.9. The van der Waals surface area contributed by atoms with Crippen molar-refractivity contribution in [1.82, 2.24) is 30.1 Å². The van der Waals surface area contributed by atoms with Crippen molar-refractivity contribution in [2.45, 2.75) is 39.1 Å². The Kier molecular flexibility index (Phi) is 6.50. The summed E-state index contributed by atoms with van der Waals surface area (Å²) in [5.41, 5.74) is 8.59. The van der Waals surface area contributed by atoms with Gasteiger partial charge in [0, 0.05) is 19.1 Å². The third kappa shape index (κ3) is 4.59. The lowest BCUT2D eigenvalue weighted by molar-refractivity contribution is -0.150. The van der Waals surface area contributed by atoms with E-state index in [0.29, 0.717) is 18.2 Å². The standard InChI is InChI=1S/C25H29N7O3S/c1-16(2)32(25(35)27-11-17-7-4-3-5-8-17)31-15-22(34)30-14-21(33)29(13-20(30)31)12-18-9-6-10-19-23(18)28-24(26)36-19/h3-10,16,20H,11-15H2,1-2H3,(H2,26,28)(H,27,35)/t20-/m0/s1. The van der Waals surface area contributed by atoms with E-state index in [1.165, 1.54) is 11.3 Å². The van der Waals surface area contributed by atoms with Crippen LogP contribution in [0.15, 0.2) is 48.5 Å². The third-order valence-corrected chi connectivity index (χ3v) is 7.35. The quantitative estimate of drug-likeness (QED) is 0.529. The molecule has 2 aromatic carbocycles. The van der Waals surface area contributed by atoms with Gasteiger partial charge in [-0.05, 0) is 31.0 Å². The Balaban J connectivity index is 1.35. The number of piperazine rings is 1. The van der Waals surface area contributed by atoms with Gasteiger partial charge >= 0.3 is 6.03 Å². The molecule has 3 N–H and O–H groups in total. The number of hydrogen-bond acceptors (Lipinski definition) is 7. The number of anilines is 1. The number of amides is 4. The molecule has 0 unspecified atom stereocenters. The topological polar surface area (TPSA) is 115 Å². The molecule has 0 aliphatic carbocycles. The van der Waals surface area contributed by atoms with Crippen molar-refractivity contribution in [2.24, 2.45) is 0 Å². The van der Waals surface area contributed by atoms with Gasteiger partial charge in [-0.2, -0.15) is 5.01 Å². The summed E-state index contributed by atoms with van der Waals surface area (Å²) in [5, 5.41) is 6.83. The average Bonchev–Trinajstić information content (AvgIpc) is 3.38. The number of thiazole rings is 1. The highest BCUT2D eigenvalue weighted by Crippen LogP contribution is 2.29. The maximum absolute atomic E-state index is 13.3. The van der Waals surface area contributed by atoms with Gasteiger partial charge in [-0.1, -0.05) is 53.8 Å². The molecule has 0 radical (unpaired) electrons. The molecule has 10 nitrogen and oxygen atoms in total. The number of aromatic nitrogens is 1. The number of carbonyl (C=O) groups excluding carboxylic acids is 3. The fourth-order valence-electron chi connectivity index (χ4n) is 4.82. The second-order valence-corrected chi connectivity index (χ2v) is 10.3. The Morgan fingerprint density at radius 3 is 2.67 bits per heavy atom. The SMILES string of the molecule is CC(C)N(C(=O)NCc1ccccc1)N1CC(=O)N2CC(=O)N(Cc3cccc4sc(N)nc34)C[C@@H]21. The van der Waals surface area contributed by atoms with E-state index in [1.807, 2.05) is 62.4 Å². The normalized spacial score (nSPS) is 18.2. The van der Waals surface area contributed by atoms with Crippen LogP contribution in [0.25, 0.3) is 10.2 Å². The van der Waals surface area contributed by atoms with E-state index in [4.69, 9.17) is 5.73 Å². The van der Waals surface area contributed by atoms with Gasteiger partial charge < -0.3 is 20.9 Å². The van der Waals surface area contributed by atoms with Gasteiger partial charge in [-0.15, -0.1) is 0 Å². The summed E-state index contributed by atoms with van der Waals surface area (Å²) in [6, 6.07) is 15.0. The summed E-state index contributed by atoms with van der Waals surface area (Å²) in [7, 11) is 0. The lowest BCUT2D eigenvalue weighted by atomic mass is 10.1. The van der Waals surface area contributed by atoms with E-state index in [0.717, 1.165) is 21.3 Å². The van der Waals surface area contributed by atoms with Crippen molar-refractivity contribution >= 4 is 44.5 Å². The van der Waals surface area contributed by atoms with Gasteiger partial charge in [0.15, 0.2) is 5.13 Å². The molecule has 3 heterocycles. The van der Waals surface area contributed by atoms with Crippen LogP contribution in [0, 0.1) is 0 Å². The number of nitrogens with one attached hydrogen (secondary N) is 1. The largest absolute Gasteiger partial charge is 0.375 e. The monoisotopic (exact) mass is 507 g/mol. The van der Waals surface area contributed by atoms with Gasteiger partial charge in [0.05, 0.1) is 23.3 Å². The summed E-state index contributed by atoms with van der Waals surface area (Å²) in [6.07, 6.45) is -0.431. The summed E-state index contributed by atoms with van der Waals surface area (Å²) >= 11 is 1.41. The zero-order valence-electron chi connectivity index (χ0n) is 20.3. The number of fused-ring (bicyclic) bond motifs is 2. The molecular formula is C25H29N7O3S. The molecule has 188 valence electrons. The predicted octanol–water partition coefficient (Wildman–Crippen LogP) is 2.23. The minimum absolute atomic E-state index is 0.0211. The molecule has 2 aliphatic heterocycles. The second kappa shape index (κ2) is 9.75. The van der Waals surface area contributed by atoms with Gasteiger partial charge in [0.25, 0.3) is 0 Å². The molecule has 1 aromatic heterocycles. The molecule has 0 spiro atoms. The van der Waals surface area contributed by atoms with E-state index in [2.05, 4.69) is 10.3 Å². The molecule has 3 aromatic rings. The van der Waals surface area contributed by atoms with Crippen molar-refractivity contribution < 1.29 is 14.4 Å². The van der Waals surface area contributed by atoms with E-state index in [9.17, 15) is 14.4 Å². The summed E-state index contributed by atoms with van der Waals surface area (Å²) in [5.74, 6) is -0.296. The molecule has 5 rings (SSSR count). The number of nitrogen functional groups attached to an aromatic ring is 1. The number of nitrogens with zero attached hydrogens (tertiary/aromatic N) is 5. The lowest BCUT2D eigenvalue weighted by Crippen LogP contribution is -2.63. The van der Waals surface area contributed by atoms with Crippen molar-refractivity contribution in [3.05, 3.63) is 59.7 Å².